The molecule has 4 aliphatic rings. The minimum Gasteiger partial charge on any atom is -0.377 e. The summed E-state index contributed by atoms with van der Waals surface area (Å²) >= 11 is 0. The van der Waals surface area contributed by atoms with E-state index in [-0.39, 0.29) is 24.3 Å². The number of ether oxygens (including phenoxy) is 1. The van der Waals surface area contributed by atoms with Crippen molar-refractivity contribution in [2.75, 3.05) is 19.7 Å². The molecule has 178 valence electrons. The Balaban J connectivity index is 1.21. The zero-order chi connectivity index (χ0) is 23.0. The molecule has 0 aromatic carbocycles. The molecule has 2 aromatic rings. The molecule has 4 aliphatic carbocycles. The minimum absolute atomic E-state index is 0.0596. The molecule has 4 bridgehead atoms. The van der Waals surface area contributed by atoms with Gasteiger partial charge in [0.2, 0.25) is 5.91 Å². The standard InChI is InChI=1S/C26H36N4O3/c1-17(2)33-7-6-27-24(31)11-21-15-30-22(4-3-5-23(30)29-21)25(32)28-16-26-12-18-8-19(13-26)10-20(9-18)14-26/h3-5,15,17-20H,6-14,16H2,1-2H3,(H,27,31)(H,28,32). The lowest BCUT2D eigenvalue weighted by atomic mass is 9.49. The number of pyridine rings is 1. The van der Waals surface area contributed by atoms with Crippen LogP contribution < -0.4 is 10.6 Å². The van der Waals surface area contributed by atoms with E-state index in [1.54, 1.807) is 10.6 Å². The van der Waals surface area contributed by atoms with Gasteiger partial charge in [0.15, 0.2) is 0 Å². The number of amides is 2. The van der Waals surface area contributed by atoms with Crippen molar-refractivity contribution in [2.24, 2.45) is 23.2 Å². The molecule has 0 aliphatic heterocycles. The molecule has 2 amide bonds. The van der Waals surface area contributed by atoms with Crippen molar-refractivity contribution in [3.8, 4) is 0 Å². The first-order valence-electron chi connectivity index (χ1n) is 12.5. The summed E-state index contributed by atoms with van der Waals surface area (Å²) in [5, 5.41) is 6.12. The van der Waals surface area contributed by atoms with Crippen molar-refractivity contribution >= 4 is 17.5 Å². The number of fused-ring (bicyclic) bond motifs is 1. The Labute approximate surface area is 195 Å². The predicted octanol–water partition coefficient (Wildman–Crippen LogP) is 3.36. The Bertz CT molecular complexity index is 992. The fraction of sp³-hybridized carbons (Fsp3) is 0.654. The smallest absolute Gasteiger partial charge is 0.268 e. The van der Waals surface area contributed by atoms with Gasteiger partial charge in [0.25, 0.3) is 5.91 Å². The summed E-state index contributed by atoms with van der Waals surface area (Å²) in [4.78, 5) is 30.0. The lowest BCUT2D eigenvalue weighted by Crippen LogP contribution is -2.51. The number of rotatable bonds is 9. The van der Waals surface area contributed by atoms with Gasteiger partial charge >= 0.3 is 0 Å². The number of aromatic nitrogens is 2. The van der Waals surface area contributed by atoms with Crippen LogP contribution in [0.1, 0.15) is 68.6 Å². The molecular formula is C26H36N4O3. The molecule has 33 heavy (non-hydrogen) atoms. The lowest BCUT2D eigenvalue weighted by Gasteiger charge is -2.56. The lowest BCUT2D eigenvalue weighted by molar-refractivity contribution is -0.120. The maximum atomic E-state index is 13.2. The summed E-state index contributed by atoms with van der Waals surface area (Å²) in [7, 11) is 0. The molecule has 7 nitrogen and oxygen atoms in total. The maximum absolute atomic E-state index is 13.2. The second-order valence-electron chi connectivity index (χ2n) is 10.9. The molecule has 2 aromatic heterocycles. The Morgan fingerprint density at radius 3 is 2.48 bits per heavy atom. The fourth-order valence-electron chi connectivity index (χ4n) is 6.91. The molecule has 4 saturated carbocycles. The third-order valence-electron chi connectivity index (χ3n) is 7.78. The van der Waals surface area contributed by atoms with Crippen LogP contribution in [0, 0.1) is 23.2 Å². The van der Waals surface area contributed by atoms with Crippen LogP contribution in [0.25, 0.3) is 5.65 Å². The van der Waals surface area contributed by atoms with Crippen LogP contribution in [-0.4, -0.2) is 47.0 Å². The monoisotopic (exact) mass is 452 g/mol. The molecule has 0 unspecified atom stereocenters. The normalized spacial score (nSPS) is 27.9. The van der Waals surface area contributed by atoms with Gasteiger partial charge in [-0.2, -0.15) is 0 Å². The maximum Gasteiger partial charge on any atom is 0.268 e. The van der Waals surface area contributed by atoms with Gasteiger partial charge in [-0.25, -0.2) is 4.98 Å². The highest BCUT2D eigenvalue weighted by Gasteiger charge is 2.50. The van der Waals surface area contributed by atoms with Crippen LogP contribution in [0.3, 0.4) is 0 Å². The summed E-state index contributed by atoms with van der Waals surface area (Å²) in [6.45, 7) is 5.67. The molecular weight excluding hydrogens is 416 g/mol. The van der Waals surface area contributed by atoms with Crippen molar-refractivity contribution in [3.05, 3.63) is 35.8 Å². The van der Waals surface area contributed by atoms with E-state index in [0.717, 1.165) is 24.3 Å². The molecule has 0 spiro atoms. The Kier molecular flexibility index (Phi) is 6.16. The zero-order valence-corrected chi connectivity index (χ0v) is 19.8. The van der Waals surface area contributed by atoms with E-state index in [1.165, 1.54) is 38.5 Å². The van der Waals surface area contributed by atoms with E-state index >= 15 is 0 Å². The number of hydrogen-bond acceptors (Lipinski definition) is 4. The molecule has 4 fully saturated rings. The van der Waals surface area contributed by atoms with E-state index in [9.17, 15) is 9.59 Å². The van der Waals surface area contributed by atoms with E-state index in [0.29, 0.717) is 35.6 Å². The van der Waals surface area contributed by atoms with Crippen molar-refractivity contribution < 1.29 is 14.3 Å². The molecule has 6 rings (SSSR count). The third-order valence-corrected chi connectivity index (χ3v) is 7.78. The summed E-state index contributed by atoms with van der Waals surface area (Å²) in [5.41, 5.74) is 2.21. The average Bonchev–Trinajstić information content (AvgIpc) is 3.16. The summed E-state index contributed by atoms with van der Waals surface area (Å²) in [6, 6.07) is 5.56. The van der Waals surface area contributed by atoms with Gasteiger partial charge in [0, 0.05) is 19.3 Å². The topological polar surface area (TPSA) is 84.7 Å². The van der Waals surface area contributed by atoms with E-state index in [1.807, 2.05) is 32.0 Å². The second kappa shape index (κ2) is 9.09. The van der Waals surface area contributed by atoms with Crippen molar-refractivity contribution in [2.45, 2.75) is 64.9 Å². The number of hydrogen-bond donors (Lipinski definition) is 2. The van der Waals surface area contributed by atoms with Crippen molar-refractivity contribution in [3.63, 3.8) is 0 Å². The van der Waals surface area contributed by atoms with Crippen molar-refractivity contribution in [1.82, 2.24) is 20.0 Å². The first kappa shape index (κ1) is 22.4. The van der Waals surface area contributed by atoms with Gasteiger partial charge in [-0.05, 0) is 87.7 Å². The molecule has 7 heteroatoms. The zero-order valence-electron chi connectivity index (χ0n) is 19.8. The number of carbonyl (C=O) groups is 2. The molecule has 0 radical (unpaired) electrons. The molecule has 2 heterocycles. The van der Waals surface area contributed by atoms with Gasteiger partial charge in [0.1, 0.15) is 11.3 Å². The second-order valence-corrected chi connectivity index (χ2v) is 10.9. The van der Waals surface area contributed by atoms with Crippen LogP contribution in [0.2, 0.25) is 0 Å². The minimum atomic E-state index is -0.0985. The van der Waals surface area contributed by atoms with E-state index < -0.39 is 0 Å². The highest BCUT2D eigenvalue weighted by molar-refractivity contribution is 5.93. The van der Waals surface area contributed by atoms with E-state index in [2.05, 4.69) is 15.6 Å². The highest BCUT2D eigenvalue weighted by atomic mass is 16.5. The Morgan fingerprint density at radius 1 is 1.12 bits per heavy atom. The summed E-state index contributed by atoms with van der Waals surface area (Å²) in [5.74, 6) is 2.46. The molecule has 0 saturated heterocycles. The average molecular weight is 453 g/mol. The Morgan fingerprint density at radius 2 is 1.82 bits per heavy atom. The van der Waals surface area contributed by atoms with Crippen LogP contribution in [-0.2, 0) is 16.0 Å². The summed E-state index contributed by atoms with van der Waals surface area (Å²) < 4.78 is 7.26. The molecule has 0 atom stereocenters. The first-order valence-corrected chi connectivity index (χ1v) is 12.5. The van der Waals surface area contributed by atoms with Gasteiger partial charge in [-0.15, -0.1) is 0 Å². The fourth-order valence-corrected chi connectivity index (χ4v) is 6.91. The predicted molar refractivity (Wildman–Crippen MR) is 126 cm³/mol. The molecule has 2 N–H and O–H groups in total. The van der Waals surface area contributed by atoms with E-state index in [4.69, 9.17) is 4.74 Å². The third kappa shape index (κ3) is 4.93. The quantitative estimate of drug-likeness (QED) is 0.572. The van der Waals surface area contributed by atoms with Crippen molar-refractivity contribution in [1.29, 1.82) is 0 Å². The van der Waals surface area contributed by atoms with Gasteiger partial charge in [-0.1, -0.05) is 6.07 Å². The number of nitrogens with zero attached hydrogens (tertiary/aromatic N) is 2. The first-order chi connectivity index (χ1) is 15.9. The summed E-state index contributed by atoms with van der Waals surface area (Å²) in [6.07, 6.45) is 10.2. The van der Waals surface area contributed by atoms with Gasteiger partial charge in [0.05, 0.1) is 24.8 Å². The van der Waals surface area contributed by atoms with Gasteiger partial charge in [-0.3, -0.25) is 14.0 Å². The van der Waals surface area contributed by atoms with Crippen LogP contribution in [0.15, 0.2) is 24.4 Å². The van der Waals surface area contributed by atoms with Gasteiger partial charge < -0.3 is 15.4 Å². The van der Waals surface area contributed by atoms with Crippen LogP contribution >= 0.6 is 0 Å². The Hall–Kier alpha value is -2.41. The number of nitrogens with one attached hydrogen (secondary N) is 2. The van der Waals surface area contributed by atoms with Crippen LogP contribution in [0.5, 0.6) is 0 Å². The SMILES string of the molecule is CC(C)OCCNC(=O)Cc1cn2c(C(=O)NCC34CC5CC(CC(C5)C3)C4)cccc2n1. The highest BCUT2D eigenvalue weighted by Crippen LogP contribution is 2.59. The number of imidazole rings is 1. The largest absolute Gasteiger partial charge is 0.377 e. The number of carbonyl (C=O) groups excluding carboxylic acids is 2. The van der Waals surface area contributed by atoms with Crippen LogP contribution in [0.4, 0.5) is 0 Å².